The molecule has 0 amide bonds. The molecule has 0 aromatic carbocycles. The Balaban J connectivity index is 4.08. The summed E-state index contributed by atoms with van der Waals surface area (Å²) >= 11 is 0. The van der Waals surface area contributed by atoms with Gasteiger partial charge in [-0.25, -0.2) is 13.9 Å². The number of allylic oxidation sites excluding steroid dienone is 1. The van der Waals surface area contributed by atoms with Crippen molar-refractivity contribution in [2.45, 2.75) is 92.4 Å². The van der Waals surface area contributed by atoms with Crippen molar-refractivity contribution in [1.82, 2.24) is 0 Å². The Morgan fingerprint density at radius 3 is 1.80 bits per heavy atom. The van der Waals surface area contributed by atoms with Crippen LogP contribution in [0.3, 0.4) is 0 Å². The highest BCUT2D eigenvalue weighted by molar-refractivity contribution is 7.61. The van der Waals surface area contributed by atoms with Gasteiger partial charge in [0.25, 0.3) is 0 Å². The van der Waals surface area contributed by atoms with E-state index in [4.69, 9.17) is 14.7 Å². The van der Waals surface area contributed by atoms with Crippen LogP contribution in [0.15, 0.2) is 11.6 Å². The number of hydrogen-bond donors (Lipinski definition) is 3. The zero-order valence-corrected chi connectivity index (χ0v) is 20.7. The summed E-state index contributed by atoms with van der Waals surface area (Å²) in [7, 11) is -10.4. The average Bonchev–Trinajstić information content (AvgIpc) is 2.51. The van der Waals surface area contributed by atoms with E-state index in [0.29, 0.717) is 17.9 Å². The molecular weight excluding hydrogens is 430 g/mol. The fraction of sp³-hybridized carbons (Fsp3) is 0.850. The van der Waals surface area contributed by atoms with Crippen LogP contribution in [0.5, 0.6) is 0 Å². The predicted octanol–water partition coefficient (Wildman–Crippen LogP) is 6.12. The van der Waals surface area contributed by atoms with E-state index in [1.807, 2.05) is 0 Å². The van der Waals surface area contributed by atoms with Gasteiger partial charge in [-0.15, -0.1) is 0 Å². The van der Waals surface area contributed by atoms with Gasteiger partial charge in [-0.3, -0.25) is 4.89 Å². The van der Waals surface area contributed by atoms with Crippen LogP contribution < -0.4 is 0 Å². The Morgan fingerprint density at radius 2 is 1.33 bits per heavy atom. The zero-order chi connectivity index (χ0) is 23.4. The number of hydrogen-bond acceptors (Lipinski definition) is 5. The van der Waals surface area contributed by atoms with E-state index in [2.05, 4.69) is 36.5 Å². The number of phosphoric acid groups is 2. The molecular formula is C20H40O8P2. The SMILES string of the molecule is C/C(=C\C(=O)OP(=O)(O)OP(=O)(O)O)CCC[C@H](C)CCC[C@H](C)CCCC(C)C. The lowest BCUT2D eigenvalue weighted by molar-refractivity contribution is -0.130. The lowest BCUT2D eigenvalue weighted by Crippen LogP contribution is -2.02. The highest BCUT2D eigenvalue weighted by atomic mass is 31.3. The second-order valence-electron chi connectivity index (χ2n) is 8.80. The summed E-state index contributed by atoms with van der Waals surface area (Å²) in [6.45, 7) is 10.8. The fourth-order valence-electron chi connectivity index (χ4n) is 3.27. The molecule has 3 N–H and O–H groups in total. The molecule has 0 bridgehead atoms. The average molecular weight is 470 g/mol. The van der Waals surface area contributed by atoms with Gasteiger partial charge >= 0.3 is 21.6 Å². The Hall–Kier alpha value is -0.490. The minimum absolute atomic E-state index is 0.585. The summed E-state index contributed by atoms with van der Waals surface area (Å²) in [5.41, 5.74) is 0.655. The smallest absolute Gasteiger partial charge is 0.367 e. The Labute approximate surface area is 181 Å². The molecule has 0 radical (unpaired) electrons. The normalized spacial score (nSPS) is 16.9. The van der Waals surface area contributed by atoms with Crippen molar-refractivity contribution >= 4 is 21.6 Å². The van der Waals surface area contributed by atoms with E-state index in [1.165, 1.54) is 38.5 Å². The number of carbonyl (C=O) groups is 1. The topological polar surface area (TPSA) is 130 Å². The standard InChI is InChI=1S/C20H40O8P2/c1-16(2)9-6-10-17(3)11-7-12-18(4)13-8-14-19(5)15-20(21)27-30(25,26)28-29(22,23)24/h15-18H,6-14H2,1-5H3,(H,25,26)(H2,22,23,24)/b19-15+/t17-,18-/m1/s1. The van der Waals surface area contributed by atoms with Crippen molar-refractivity contribution < 1.29 is 37.4 Å². The molecule has 0 rings (SSSR count). The first-order valence-corrected chi connectivity index (χ1v) is 13.7. The third kappa shape index (κ3) is 18.3. The molecule has 0 heterocycles. The van der Waals surface area contributed by atoms with Crippen LogP contribution in [0.25, 0.3) is 0 Å². The Kier molecular flexibility index (Phi) is 14.3. The van der Waals surface area contributed by atoms with Crippen LogP contribution >= 0.6 is 15.6 Å². The first-order valence-electron chi connectivity index (χ1n) is 10.7. The summed E-state index contributed by atoms with van der Waals surface area (Å²) in [5, 5.41) is 0. The molecule has 30 heavy (non-hydrogen) atoms. The molecule has 0 spiro atoms. The summed E-state index contributed by atoms with van der Waals surface area (Å²) in [4.78, 5) is 37.8. The monoisotopic (exact) mass is 470 g/mol. The van der Waals surface area contributed by atoms with E-state index in [0.717, 1.165) is 30.8 Å². The third-order valence-electron chi connectivity index (χ3n) is 4.92. The molecule has 0 saturated heterocycles. The van der Waals surface area contributed by atoms with Gasteiger partial charge in [-0.05, 0) is 37.5 Å². The van der Waals surface area contributed by atoms with Gasteiger partial charge in [0, 0.05) is 6.08 Å². The van der Waals surface area contributed by atoms with Gasteiger partial charge in [0.2, 0.25) is 0 Å². The van der Waals surface area contributed by atoms with Crippen LogP contribution in [0, 0.1) is 17.8 Å². The van der Waals surface area contributed by atoms with Crippen molar-refractivity contribution in [2.24, 2.45) is 17.8 Å². The zero-order valence-electron chi connectivity index (χ0n) is 19.0. The molecule has 0 aliphatic rings. The van der Waals surface area contributed by atoms with Crippen molar-refractivity contribution in [1.29, 1.82) is 0 Å². The van der Waals surface area contributed by atoms with Crippen molar-refractivity contribution in [3.63, 3.8) is 0 Å². The van der Waals surface area contributed by atoms with Gasteiger partial charge in [0.1, 0.15) is 0 Å². The molecule has 3 atom stereocenters. The summed E-state index contributed by atoms with van der Waals surface area (Å²) in [5.74, 6) is 0.954. The van der Waals surface area contributed by atoms with Crippen LogP contribution in [-0.2, 0) is 22.8 Å². The third-order valence-corrected chi connectivity index (χ3v) is 7.01. The molecule has 8 nitrogen and oxygen atoms in total. The summed E-state index contributed by atoms with van der Waals surface area (Å²) in [6, 6.07) is 0. The molecule has 0 aliphatic heterocycles. The predicted molar refractivity (Wildman–Crippen MR) is 118 cm³/mol. The largest absolute Gasteiger partial charge is 0.538 e. The van der Waals surface area contributed by atoms with Crippen molar-refractivity contribution in [2.75, 3.05) is 0 Å². The first kappa shape index (κ1) is 29.5. The number of rotatable bonds is 16. The van der Waals surface area contributed by atoms with E-state index in [1.54, 1.807) is 6.92 Å². The molecule has 0 saturated carbocycles. The lowest BCUT2D eigenvalue weighted by atomic mass is 9.91. The van der Waals surface area contributed by atoms with E-state index >= 15 is 0 Å². The molecule has 178 valence electrons. The van der Waals surface area contributed by atoms with Crippen LogP contribution in [-0.4, -0.2) is 20.6 Å². The summed E-state index contributed by atoms with van der Waals surface area (Å²) in [6.07, 6.45) is 11.1. The molecule has 10 heteroatoms. The lowest BCUT2D eigenvalue weighted by Gasteiger charge is -2.15. The van der Waals surface area contributed by atoms with Crippen molar-refractivity contribution in [3.05, 3.63) is 11.6 Å². The van der Waals surface area contributed by atoms with Gasteiger partial charge in [0.05, 0.1) is 0 Å². The number of carbonyl (C=O) groups excluding carboxylic acids is 1. The highest BCUT2D eigenvalue weighted by Crippen LogP contribution is 2.57. The van der Waals surface area contributed by atoms with Crippen molar-refractivity contribution in [3.8, 4) is 0 Å². The van der Waals surface area contributed by atoms with E-state index < -0.39 is 21.6 Å². The first-order chi connectivity index (χ1) is 13.7. The van der Waals surface area contributed by atoms with Gasteiger partial charge in [-0.1, -0.05) is 78.2 Å². The second-order valence-corrected chi connectivity index (χ2v) is 11.6. The maximum absolute atomic E-state index is 11.6. The molecule has 0 aliphatic carbocycles. The van der Waals surface area contributed by atoms with Crippen LogP contribution in [0.2, 0.25) is 0 Å². The minimum atomic E-state index is -5.24. The Bertz CT molecular complexity index is 626. The molecule has 0 aromatic heterocycles. The van der Waals surface area contributed by atoms with Gasteiger partial charge < -0.3 is 14.3 Å². The number of phosphoric ester groups is 1. The fourth-order valence-corrected chi connectivity index (χ4v) is 4.76. The van der Waals surface area contributed by atoms with Crippen LogP contribution in [0.4, 0.5) is 0 Å². The Morgan fingerprint density at radius 1 is 0.867 bits per heavy atom. The maximum Gasteiger partial charge on any atom is 0.538 e. The van der Waals surface area contributed by atoms with Gasteiger partial charge in [0.15, 0.2) is 0 Å². The van der Waals surface area contributed by atoms with Gasteiger partial charge in [-0.2, -0.15) is 4.31 Å². The van der Waals surface area contributed by atoms with Crippen LogP contribution in [0.1, 0.15) is 92.4 Å². The molecule has 0 fully saturated rings. The quantitative estimate of drug-likeness (QED) is 0.181. The summed E-state index contributed by atoms with van der Waals surface area (Å²) < 4.78 is 29.6. The minimum Gasteiger partial charge on any atom is -0.367 e. The molecule has 1 unspecified atom stereocenters. The highest BCUT2D eigenvalue weighted by Gasteiger charge is 2.35. The maximum atomic E-state index is 11.6. The second kappa shape index (κ2) is 14.5. The molecule has 0 aromatic rings. The van der Waals surface area contributed by atoms with E-state index in [-0.39, 0.29) is 0 Å². The van der Waals surface area contributed by atoms with E-state index in [9.17, 15) is 13.9 Å².